The Bertz CT molecular complexity index is 522. The molecular formula is C12H12FNO4S. The number of nitrogens with zero attached hydrogens (tertiary/aromatic N) is 1. The summed E-state index contributed by atoms with van der Waals surface area (Å²) < 4.78 is 18.3. The van der Waals surface area contributed by atoms with E-state index in [2.05, 4.69) is 0 Å². The van der Waals surface area contributed by atoms with Gasteiger partial charge in [-0.2, -0.15) is 0 Å². The summed E-state index contributed by atoms with van der Waals surface area (Å²) in [6, 6.07) is 2.97. The van der Waals surface area contributed by atoms with E-state index in [0.29, 0.717) is 11.6 Å². The highest BCUT2D eigenvalue weighted by molar-refractivity contribution is 7.99. The smallest absolute Gasteiger partial charge is 0.327 e. The molecule has 1 amide bonds. The minimum absolute atomic E-state index is 0.0436. The van der Waals surface area contributed by atoms with Crippen molar-refractivity contribution in [2.24, 2.45) is 0 Å². The number of methoxy groups -OCH3 is 1. The van der Waals surface area contributed by atoms with Gasteiger partial charge in [0.2, 0.25) is 0 Å². The predicted molar refractivity (Wildman–Crippen MR) is 67.9 cm³/mol. The number of halogens is 1. The van der Waals surface area contributed by atoms with Crippen LogP contribution in [0.3, 0.4) is 0 Å². The number of rotatable bonds is 3. The van der Waals surface area contributed by atoms with Crippen LogP contribution in [0, 0.1) is 5.82 Å². The van der Waals surface area contributed by atoms with Crippen molar-refractivity contribution in [2.75, 3.05) is 18.7 Å². The second kappa shape index (κ2) is 5.48. The number of aliphatic carboxylic acids is 1. The van der Waals surface area contributed by atoms with E-state index in [1.165, 1.54) is 35.9 Å². The Hall–Kier alpha value is -1.76. The third-order valence-electron chi connectivity index (χ3n) is 2.83. The van der Waals surface area contributed by atoms with Crippen LogP contribution in [-0.2, 0) is 4.79 Å². The van der Waals surface area contributed by atoms with Gasteiger partial charge in [-0.1, -0.05) is 0 Å². The molecule has 1 aliphatic rings. The molecular weight excluding hydrogens is 273 g/mol. The van der Waals surface area contributed by atoms with Crippen molar-refractivity contribution in [3.8, 4) is 5.75 Å². The predicted octanol–water partition coefficient (Wildman–Crippen LogP) is 1.43. The van der Waals surface area contributed by atoms with Crippen LogP contribution in [0.1, 0.15) is 10.4 Å². The molecule has 1 heterocycles. The minimum Gasteiger partial charge on any atom is -0.494 e. The number of carbonyl (C=O) groups is 2. The highest BCUT2D eigenvalue weighted by atomic mass is 32.2. The van der Waals surface area contributed by atoms with E-state index in [0.717, 1.165) is 6.07 Å². The first-order valence-electron chi connectivity index (χ1n) is 5.49. The molecule has 102 valence electrons. The van der Waals surface area contributed by atoms with Gasteiger partial charge in [-0.15, -0.1) is 11.8 Å². The lowest BCUT2D eigenvalue weighted by Gasteiger charge is -2.20. The molecule has 5 nitrogen and oxygen atoms in total. The Labute approximate surface area is 113 Å². The van der Waals surface area contributed by atoms with E-state index in [9.17, 15) is 14.0 Å². The van der Waals surface area contributed by atoms with Crippen LogP contribution in [-0.4, -0.2) is 46.7 Å². The van der Waals surface area contributed by atoms with E-state index in [1.807, 2.05) is 0 Å². The van der Waals surface area contributed by atoms with Crippen molar-refractivity contribution >= 4 is 23.6 Å². The summed E-state index contributed by atoms with van der Waals surface area (Å²) >= 11 is 1.36. The van der Waals surface area contributed by atoms with Crippen molar-refractivity contribution < 1.29 is 23.8 Å². The third kappa shape index (κ3) is 2.65. The van der Waals surface area contributed by atoms with Crippen molar-refractivity contribution in [1.29, 1.82) is 0 Å². The number of carboxylic acids is 1. The number of hydrogen-bond donors (Lipinski definition) is 1. The monoisotopic (exact) mass is 285 g/mol. The van der Waals surface area contributed by atoms with Crippen LogP contribution in [0.25, 0.3) is 0 Å². The molecule has 1 fully saturated rings. The normalized spacial score (nSPS) is 18.4. The van der Waals surface area contributed by atoms with E-state index < -0.39 is 23.7 Å². The number of carbonyl (C=O) groups excluding carboxylic acids is 1. The Morgan fingerprint density at radius 2 is 2.26 bits per heavy atom. The first-order chi connectivity index (χ1) is 9.04. The maximum absolute atomic E-state index is 13.5. The van der Waals surface area contributed by atoms with E-state index in [1.54, 1.807) is 0 Å². The van der Waals surface area contributed by atoms with Gasteiger partial charge in [0.25, 0.3) is 5.91 Å². The van der Waals surface area contributed by atoms with Crippen molar-refractivity contribution in [1.82, 2.24) is 4.90 Å². The number of carboxylic acid groups (broad SMARTS) is 1. The van der Waals surface area contributed by atoms with Crippen molar-refractivity contribution in [2.45, 2.75) is 6.04 Å². The van der Waals surface area contributed by atoms with E-state index in [-0.39, 0.29) is 11.3 Å². The zero-order valence-electron chi connectivity index (χ0n) is 10.1. The Balaban J connectivity index is 2.24. The summed E-state index contributed by atoms with van der Waals surface area (Å²) in [4.78, 5) is 24.4. The van der Waals surface area contributed by atoms with Gasteiger partial charge >= 0.3 is 5.97 Å². The number of ether oxygens (including phenoxy) is 1. The van der Waals surface area contributed by atoms with Gasteiger partial charge in [0.05, 0.1) is 13.0 Å². The largest absolute Gasteiger partial charge is 0.494 e. The molecule has 0 spiro atoms. The zero-order chi connectivity index (χ0) is 14.0. The summed E-state index contributed by atoms with van der Waals surface area (Å²) in [5.74, 6) is -1.50. The van der Waals surface area contributed by atoms with Crippen LogP contribution in [0.5, 0.6) is 5.75 Å². The van der Waals surface area contributed by atoms with Gasteiger partial charge < -0.3 is 14.7 Å². The number of thioether (sulfide) groups is 1. The third-order valence-corrected chi connectivity index (χ3v) is 3.84. The molecule has 1 N–H and O–H groups in total. The fourth-order valence-corrected chi connectivity index (χ4v) is 2.96. The van der Waals surface area contributed by atoms with Crippen LogP contribution in [0.15, 0.2) is 18.2 Å². The first-order valence-corrected chi connectivity index (χ1v) is 6.65. The van der Waals surface area contributed by atoms with E-state index >= 15 is 0 Å². The lowest BCUT2D eigenvalue weighted by molar-refractivity contribution is -0.140. The summed E-state index contributed by atoms with van der Waals surface area (Å²) in [6.07, 6.45) is 0. The lowest BCUT2D eigenvalue weighted by atomic mass is 10.1. The maximum Gasteiger partial charge on any atom is 0.327 e. The zero-order valence-corrected chi connectivity index (χ0v) is 10.9. The van der Waals surface area contributed by atoms with Gasteiger partial charge in [0.1, 0.15) is 6.04 Å². The van der Waals surface area contributed by atoms with Gasteiger partial charge in [-0.25, -0.2) is 9.18 Å². The number of benzene rings is 1. The second-order valence-electron chi connectivity index (χ2n) is 3.98. The molecule has 1 unspecified atom stereocenters. The molecule has 0 saturated carbocycles. The molecule has 0 radical (unpaired) electrons. The lowest BCUT2D eigenvalue weighted by Crippen LogP contribution is -2.41. The fraction of sp³-hybridized carbons (Fsp3) is 0.333. The van der Waals surface area contributed by atoms with Gasteiger partial charge in [-0.3, -0.25) is 4.79 Å². The van der Waals surface area contributed by atoms with Crippen LogP contribution < -0.4 is 4.74 Å². The molecule has 7 heteroatoms. The Morgan fingerprint density at radius 3 is 2.84 bits per heavy atom. The Kier molecular flexibility index (Phi) is 3.94. The van der Waals surface area contributed by atoms with Crippen LogP contribution in [0.4, 0.5) is 4.39 Å². The molecule has 1 aromatic rings. The Morgan fingerprint density at radius 1 is 1.53 bits per heavy atom. The van der Waals surface area contributed by atoms with Crippen molar-refractivity contribution in [3.63, 3.8) is 0 Å². The number of amides is 1. The highest BCUT2D eigenvalue weighted by Gasteiger charge is 2.35. The summed E-state index contributed by atoms with van der Waals surface area (Å²) in [5.41, 5.74) is 0.118. The van der Waals surface area contributed by atoms with Crippen molar-refractivity contribution in [3.05, 3.63) is 29.6 Å². The average Bonchev–Trinajstić information content (AvgIpc) is 2.87. The quantitative estimate of drug-likeness (QED) is 0.910. The summed E-state index contributed by atoms with van der Waals surface area (Å²) in [7, 11) is 1.33. The highest BCUT2D eigenvalue weighted by Crippen LogP contribution is 2.25. The van der Waals surface area contributed by atoms with Gasteiger partial charge in [-0.05, 0) is 18.2 Å². The van der Waals surface area contributed by atoms with Crippen LogP contribution in [0.2, 0.25) is 0 Å². The molecule has 1 aliphatic heterocycles. The topological polar surface area (TPSA) is 66.8 Å². The summed E-state index contributed by atoms with van der Waals surface area (Å²) in [6.45, 7) is 0. The SMILES string of the molecule is COc1ccc(C(=O)N2CSCC2C(=O)O)cc1F. The average molecular weight is 285 g/mol. The summed E-state index contributed by atoms with van der Waals surface area (Å²) in [5, 5.41) is 9.01. The van der Waals surface area contributed by atoms with Gasteiger partial charge in [0, 0.05) is 11.3 Å². The maximum atomic E-state index is 13.5. The van der Waals surface area contributed by atoms with Crippen LogP contribution >= 0.6 is 11.8 Å². The standard InChI is InChI=1S/C12H12FNO4S/c1-18-10-3-2-7(4-8(10)13)11(15)14-6-19-5-9(14)12(16)17/h2-4,9H,5-6H2,1H3,(H,16,17). The molecule has 1 saturated heterocycles. The minimum atomic E-state index is -1.05. The molecule has 1 atom stereocenters. The second-order valence-corrected chi connectivity index (χ2v) is 4.98. The van der Waals surface area contributed by atoms with E-state index in [4.69, 9.17) is 9.84 Å². The fourth-order valence-electron chi connectivity index (χ4n) is 1.81. The number of hydrogen-bond acceptors (Lipinski definition) is 4. The molecule has 1 aromatic carbocycles. The molecule has 19 heavy (non-hydrogen) atoms. The molecule has 0 aliphatic carbocycles. The first kappa shape index (κ1) is 13.7. The van der Waals surface area contributed by atoms with Gasteiger partial charge in [0.15, 0.2) is 11.6 Å². The molecule has 0 bridgehead atoms. The molecule has 2 rings (SSSR count). The molecule has 0 aromatic heterocycles.